The molecule has 0 aliphatic heterocycles. The Morgan fingerprint density at radius 2 is 1.80 bits per heavy atom. The molecule has 0 aromatic carbocycles. The van der Waals surface area contributed by atoms with E-state index >= 15 is 0 Å². The van der Waals surface area contributed by atoms with Crippen molar-refractivity contribution in [3.05, 3.63) is 18.2 Å². The minimum absolute atomic E-state index is 0.538. The van der Waals surface area contributed by atoms with E-state index < -0.39 is 0 Å². The van der Waals surface area contributed by atoms with Gasteiger partial charge in [-0.05, 0) is 63.4 Å². The number of fused-ring (bicyclic) bond motifs is 1. The van der Waals surface area contributed by atoms with Gasteiger partial charge in [0.1, 0.15) is 17.2 Å². The Hall–Kier alpha value is -2.08. The lowest BCUT2D eigenvalue weighted by Crippen LogP contribution is -2.23. The van der Waals surface area contributed by atoms with Gasteiger partial charge in [0.25, 0.3) is 0 Å². The molecule has 0 atom stereocenters. The zero-order valence-corrected chi connectivity index (χ0v) is 18.9. The average molecular weight is 413 g/mol. The summed E-state index contributed by atoms with van der Waals surface area (Å²) in [6.45, 7) is 9.87. The molecule has 0 saturated heterocycles. The summed E-state index contributed by atoms with van der Waals surface area (Å²) in [5.41, 5.74) is 8.78. The van der Waals surface area contributed by atoms with Crippen molar-refractivity contribution in [2.24, 2.45) is 5.92 Å². The van der Waals surface area contributed by atoms with Crippen LogP contribution < -0.4 is 16.4 Å². The molecule has 3 rings (SSSR count). The third-order valence-electron chi connectivity index (χ3n) is 6.33. The highest BCUT2D eigenvalue weighted by molar-refractivity contribution is 5.90. The van der Waals surface area contributed by atoms with E-state index in [1.54, 1.807) is 0 Å². The Labute approximate surface area is 182 Å². The number of aromatic nitrogens is 2. The number of nitrogens with two attached hydrogens (primary N) is 1. The first-order valence-corrected chi connectivity index (χ1v) is 12.0. The highest BCUT2D eigenvalue weighted by Gasteiger charge is 2.14. The van der Waals surface area contributed by atoms with Crippen molar-refractivity contribution in [1.82, 2.24) is 14.9 Å². The molecule has 1 aliphatic carbocycles. The van der Waals surface area contributed by atoms with Gasteiger partial charge in [-0.3, -0.25) is 0 Å². The Morgan fingerprint density at radius 1 is 1.00 bits per heavy atom. The van der Waals surface area contributed by atoms with Crippen molar-refractivity contribution in [3.8, 4) is 0 Å². The number of pyridine rings is 2. The first-order chi connectivity index (χ1) is 14.7. The molecule has 1 fully saturated rings. The Bertz CT molecular complexity index is 768. The van der Waals surface area contributed by atoms with Crippen molar-refractivity contribution in [3.63, 3.8) is 0 Å². The third-order valence-corrected chi connectivity index (χ3v) is 6.33. The number of nitrogens with zero attached hydrogens (tertiary/aromatic N) is 3. The molecule has 4 N–H and O–H groups in total. The molecule has 0 radical (unpaired) electrons. The van der Waals surface area contributed by atoms with Gasteiger partial charge in [-0.15, -0.1) is 0 Å². The number of anilines is 3. The van der Waals surface area contributed by atoms with E-state index in [-0.39, 0.29) is 0 Å². The van der Waals surface area contributed by atoms with Crippen molar-refractivity contribution < 1.29 is 0 Å². The van der Waals surface area contributed by atoms with Gasteiger partial charge in [0.2, 0.25) is 0 Å². The van der Waals surface area contributed by atoms with Crippen molar-refractivity contribution in [1.29, 1.82) is 0 Å². The lowest BCUT2D eigenvalue weighted by atomic mass is 9.89. The quantitative estimate of drug-likeness (QED) is 0.420. The largest absolute Gasteiger partial charge is 0.384 e. The predicted molar refractivity (Wildman–Crippen MR) is 129 cm³/mol. The summed E-state index contributed by atoms with van der Waals surface area (Å²) < 4.78 is 0. The van der Waals surface area contributed by atoms with E-state index in [1.165, 1.54) is 51.5 Å². The molecule has 166 valence electrons. The zero-order valence-electron chi connectivity index (χ0n) is 18.9. The fourth-order valence-corrected chi connectivity index (χ4v) is 4.40. The highest BCUT2D eigenvalue weighted by Crippen LogP contribution is 2.26. The summed E-state index contributed by atoms with van der Waals surface area (Å²) in [4.78, 5) is 11.8. The van der Waals surface area contributed by atoms with Crippen LogP contribution in [-0.2, 0) is 0 Å². The molecule has 0 unspecified atom stereocenters. The monoisotopic (exact) mass is 412 g/mol. The Morgan fingerprint density at radius 3 is 2.57 bits per heavy atom. The van der Waals surface area contributed by atoms with E-state index in [0.717, 1.165) is 61.1 Å². The SMILES string of the molecule is CCN(CC)CCCCCNc1cc(N)nc2ccc(NCC3CCCCC3)nc12. The Balaban J connectivity index is 1.55. The number of nitrogens with one attached hydrogen (secondary N) is 2. The summed E-state index contributed by atoms with van der Waals surface area (Å²) in [5.74, 6) is 2.24. The Kier molecular flexibility index (Phi) is 9.00. The average Bonchev–Trinajstić information content (AvgIpc) is 2.78. The van der Waals surface area contributed by atoms with E-state index in [1.807, 2.05) is 18.2 Å². The summed E-state index contributed by atoms with van der Waals surface area (Å²) in [7, 11) is 0. The summed E-state index contributed by atoms with van der Waals surface area (Å²) in [6, 6.07) is 5.96. The molecule has 2 aromatic heterocycles. The van der Waals surface area contributed by atoms with Gasteiger partial charge in [-0.25, -0.2) is 9.97 Å². The number of hydrogen-bond donors (Lipinski definition) is 3. The standard InChI is InChI=1S/C24H40N6/c1-3-30(4-2)16-10-6-9-15-26-21-17-22(25)28-20-13-14-23(29-24(20)21)27-18-19-11-7-5-8-12-19/h13-14,17,19H,3-12,15-16,18H2,1-2H3,(H,27,29)(H3,25,26,28). The normalized spacial score (nSPS) is 15.0. The summed E-state index contributed by atoms with van der Waals surface area (Å²) in [5, 5.41) is 7.10. The van der Waals surface area contributed by atoms with Gasteiger partial charge >= 0.3 is 0 Å². The van der Waals surface area contributed by atoms with E-state index in [0.29, 0.717) is 5.82 Å². The van der Waals surface area contributed by atoms with Crippen LogP contribution in [0, 0.1) is 5.92 Å². The molecule has 2 heterocycles. The van der Waals surface area contributed by atoms with Gasteiger partial charge in [-0.2, -0.15) is 0 Å². The van der Waals surface area contributed by atoms with E-state index in [2.05, 4.69) is 34.4 Å². The molecule has 1 saturated carbocycles. The van der Waals surface area contributed by atoms with Crippen molar-refractivity contribution in [2.45, 2.75) is 65.2 Å². The smallest absolute Gasteiger partial charge is 0.126 e. The molecular weight excluding hydrogens is 372 g/mol. The summed E-state index contributed by atoms with van der Waals surface area (Å²) in [6.07, 6.45) is 10.4. The van der Waals surface area contributed by atoms with E-state index in [9.17, 15) is 0 Å². The maximum absolute atomic E-state index is 6.03. The van der Waals surface area contributed by atoms with Gasteiger partial charge in [0.05, 0.1) is 11.2 Å². The highest BCUT2D eigenvalue weighted by atomic mass is 15.1. The molecule has 6 heteroatoms. The third kappa shape index (κ3) is 6.73. The fourth-order valence-electron chi connectivity index (χ4n) is 4.40. The minimum atomic E-state index is 0.538. The molecule has 0 amide bonds. The van der Waals surface area contributed by atoms with Crippen LogP contribution in [0.15, 0.2) is 18.2 Å². The van der Waals surface area contributed by atoms with Crippen LogP contribution >= 0.6 is 0 Å². The van der Waals surface area contributed by atoms with Crippen LogP contribution in [0.25, 0.3) is 11.0 Å². The van der Waals surface area contributed by atoms with Crippen LogP contribution in [0.3, 0.4) is 0 Å². The second-order valence-corrected chi connectivity index (χ2v) is 8.56. The van der Waals surface area contributed by atoms with Crippen LogP contribution in [0.1, 0.15) is 65.2 Å². The van der Waals surface area contributed by atoms with Crippen LogP contribution in [0.5, 0.6) is 0 Å². The van der Waals surface area contributed by atoms with Gasteiger partial charge in [0, 0.05) is 19.2 Å². The van der Waals surface area contributed by atoms with Crippen molar-refractivity contribution >= 4 is 28.4 Å². The molecule has 0 bridgehead atoms. The van der Waals surface area contributed by atoms with Gasteiger partial charge < -0.3 is 21.3 Å². The summed E-state index contributed by atoms with van der Waals surface area (Å²) >= 11 is 0. The first-order valence-electron chi connectivity index (χ1n) is 12.0. The maximum atomic E-state index is 6.03. The molecule has 2 aromatic rings. The maximum Gasteiger partial charge on any atom is 0.126 e. The topological polar surface area (TPSA) is 79.1 Å². The predicted octanol–water partition coefficient (Wildman–Crippen LogP) is 5.13. The first kappa shape index (κ1) is 22.6. The molecule has 6 nitrogen and oxygen atoms in total. The number of unbranched alkanes of at least 4 members (excludes halogenated alkanes) is 2. The molecule has 1 aliphatic rings. The minimum Gasteiger partial charge on any atom is -0.384 e. The second kappa shape index (κ2) is 11.9. The van der Waals surface area contributed by atoms with Gasteiger partial charge in [-0.1, -0.05) is 39.5 Å². The van der Waals surface area contributed by atoms with E-state index in [4.69, 9.17) is 10.7 Å². The zero-order chi connectivity index (χ0) is 21.2. The molecular formula is C24H40N6. The van der Waals surface area contributed by atoms with Gasteiger partial charge in [0.15, 0.2) is 0 Å². The van der Waals surface area contributed by atoms with Crippen LogP contribution in [0.4, 0.5) is 17.3 Å². The fraction of sp³-hybridized carbons (Fsp3) is 0.667. The number of hydrogen-bond acceptors (Lipinski definition) is 6. The lowest BCUT2D eigenvalue weighted by Gasteiger charge is -2.22. The lowest BCUT2D eigenvalue weighted by molar-refractivity contribution is 0.296. The number of rotatable bonds is 12. The van der Waals surface area contributed by atoms with Crippen molar-refractivity contribution in [2.75, 3.05) is 49.1 Å². The number of nitrogen functional groups attached to an aromatic ring is 1. The van der Waals surface area contributed by atoms with Crippen LogP contribution in [-0.4, -0.2) is 47.6 Å². The molecule has 30 heavy (non-hydrogen) atoms. The van der Waals surface area contributed by atoms with Crippen LogP contribution in [0.2, 0.25) is 0 Å². The molecule has 0 spiro atoms. The second-order valence-electron chi connectivity index (χ2n) is 8.56.